The van der Waals surface area contributed by atoms with Crippen LogP contribution < -0.4 is 0 Å². The quantitative estimate of drug-likeness (QED) is 0.242. The largest absolute Gasteiger partial charge is 0.379 e. The number of hydrogen-bond donors (Lipinski definition) is 0. The second kappa shape index (κ2) is 8.08. The van der Waals surface area contributed by atoms with Crippen LogP contribution in [0.25, 0.3) is 49.3 Å². The van der Waals surface area contributed by atoms with Crippen molar-refractivity contribution in [3.8, 4) is 5.69 Å². The number of nitrogens with zero attached hydrogens (tertiary/aromatic N) is 2. The van der Waals surface area contributed by atoms with Gasteiger partial charge in [-0.1, -0.05) is 91.9 Å². The molecule has 1 aliphatic heterocycles. The molecule has 3 heteroatoms. The van der Waals surface area contributed by atoms with Crippen molar-refractivity contribution in [2.75, 3.05) is 13.2 Å². The third kappa shape index (κ3) is 3.06. The Morgan fingerprint density at radius 1 is 0.632 bits per heavy atom. The molecule has 0 spiro atoms. The van der Waals surface area contributed by atoms with Crippen molar-refractivity contribution in [1.29, 1.82) is 0 Å². The fourth-order valence-electron chi connectivity index (χ4n) is 6.39. The van der Waals surface area contributed by atoms with Crippen LogP contribution in [0.1, 0.15) is 18.1 Å². The Balaban J connectivity index is 1.41. The Kier molecular flexibility index (Phi) is 4.62. The van der Waals surface area contributed by atoms with Gasteiger partial charge < -0.3 is 13.9 Å². The van der Waals surface area contributed by atoms with Gasteiger partial charge >= 0.3 is 0 Å². The molecule has 2 aromatic heterocycles. The van der Waals surface area contributed by atoms with Crippen molar-refractivity contribution < 1.29 is 4.74 Å². The topological polar surface area (TPSA) is 19.1 Å². The maximum atomic E-state index is 5.51. The molecular formula is C35H28N2O. The molecule has 7 aromatic rings. The number of para-hydroxylation sites is 3. The molecule has 0 bridgehead atoms. The molecule has 184 valence electrons. The average molecular weight is 493 g/mol. The molecule has 0 N–H and O–H groups in total. The van der Waals surface area contributed by atoms with Crippen molar-refractivity contribution in [3.05, 3.63) is 126 Å². The van der Waals surface area contributed by atoms with Gasteiger partial charge in [0, 0.05) is 44.7 Å². The number of fused-ring (bicyclic) bond motifs is 7. The lowest BCUT2D eigenvalue weighted by Crippen LogP contribution is -2.43. The zero-order valence-corrected chi connectivity index (χ0v) is 21.4. The van der Waals surface area contributed by atoms with Crippen LogP contribution in [-0.2, 0) is 16.7 Å². The van der Waals surface area contributed by atoms with E-state index in [1.54, 1.807) is 0 Å². The molecule has 0 atom stereocenters. The summed E-state index contributed by atoms with van der Waals surface area (Å²) >= 11 is 0. The lowest BCUT2D eigenvalue weighted by atomic mass is 9.80. The number of ether oxygens (including phenoxy) is 1. The van der Waals surface area contributed by atoms with E-state index in [1.807, 2.05) is 0 Å². The zero-order valence-electron chi connectivity index (χ0n) is 21.4. The molecule has 3 heterocycles. The standard InChI is InChI=1S/C35H28N2O/c1-35(22-38-23-35)25-17-15-24(16-18-25)21-36-30-13-7-5-11-27(30)28-19-20-32-33(34(28)36)29-12-6-8-14-31(29)37(32)26-9-3-2-4-10-26/h2-20H,21-23H2,1H3. The van der Waals surface area contributed by atoms with Crippen molar-refractivity contribution in [2.45, 2.75) is 18.9 Å². The van der Waals surface area contributed by atoms with E-state index in [1.165, 1.54) is 60.4 Å². The van der Waals surface area contributed by atoms with Crippen molar-refractivity contribution in [2.24, 2.45) is 0 Å². The predicted molar refractivity (Wildman–Crippen MR) is 157 cm³/mol. The van der Waals surface area contributed by atoms with Gasteiger partial charge in [0.25, 0.3) is 0 Å². The first kappa shape index (κ1) is 21.7. The van der Waals surface area contributed by atoms with Gasteiger partial charge in [-0.05, 0) is 41.5 Å². The minimum absolute atomic E-state index is 0.150. The summed E-state index contributed by atoms with van der Waals surface area (Å²) in [4.78, 5) is 0. The summed E-state index contributed by atoms with van der Waals surface area (Å²) in [7, 11) is 0. The first-order chi connectivity index (χ1) is 18.7. The molecular weight excluding hydrogens is 464 g/mol. The smallest absolute Gasteiger partial charge is 0.0596 e. The highest BCUT2D eigenvalue weighted by molar-refractivity contribution is 6.25. The molecule has 0 aliphatic carbocycles. The van der Waals surface area contributed by atoms with Crippen LogP contribution in [-0.4, -0.2) is 22.3 Å². The van der Waals surface area contributed by atoms with Gasteiger partial charge in [0.2, 0.25) is 0 Å². The normalized spacial score (nSPS) is 15.0. The fourth-order valence-corrected chi connectivity index (χ4v) is 6.39. The molecule has 5 aromatic carbocycles. The van der Waals surface area contributed by atoms with E-state index in [0.29, 0.717) is 0 Å². The highest BCUT2D eigenvalue weighted by Crippen LogP contribution is 2.41. The monoisotopic (exact) mass is 492 g/mol. The Hall–Kier alpha value is -4.34. The summed E-state index contributed by atoms with van der Waals surface area (Å²) in [5, 5.41) is 5.21. The van der Waals surface area contributed by atoms with Crippen LogP contribution >= 0.6 is 0 Å². The van der Waals surface area contributed by atoms with Crippen LogP contribution in [0.3, 0.4) is 0 Å². The van der Waals surface area contributed by atoms with Gasteiger partial charge in [-0.3, -0.25) is 0 Å². The first-order valence-electron chi connectivity index (χ1n) is 13.4. The lowest BCUT2D eigenvalue weighted by Gasteiger charge is -2.38. The molecule has 1 aliphatic rings. The highest BCUT2D eigenvalue weighted by atomic mass is 16.5. The van der Waals surface area contributed by atoms with Crippen LogP contribution in [0.4, 0.5) is 0 Å². The van der Waals surface area contributed by atoms with Gasteiger partial charge in [-0.2, -0.15) is 0 Å². The predicted octanol–water partition coefficient (Wildman–Crippen LogP) is 8.23. The molecule has 1 fully saturated rings. The molecule has 1 saturated heterocycles. The zero-order chi connectivity index (χ0) is 25.3. The second-order valence-corrected chi connectivity index (χ2v) is 10.9. The van der Waals surface area contributed by atoms with E-state index < -0.39 is 0 Å². The maximum Gasteiger partial charge on any atom is 0.0596 e. The number of aromatic nitrogens is 2. The van der Waals surface area contributed by atoms with E-state index >= 15 is 0 Å². The van der Waals surface area contributed by atoms with E-state index in [-0.39, 0.29) is 5.41 Å². The minimum Gasteiger partial charge on any atom is -0.379 e. The second-order valence-electron chi connectivity index (χ2n) is 10.9. The first-order valence-corrected chi connectivity index (χ1v) is 13.4. The SMILES string of the molecule is CC1(c2ccc(Cn3c4ccccc4c4ccc5c(c6ccccc6n5-c5ccccc5)c43)cc2)COC1. The molecule has 3 nitrogen and oxygen atoms in total. The van der Waals surface area contributed by atoms with Gasteiger partial charge in [0.1, 0.15) is 0 Å². The molecule has 0 saturated carbocycles. The molecule has 0 radical (unpaired) electrons. The van der Waals surface area contributed by atoms with Crippen LogP contribution in [0.15, 0.2) is 115 Å². The summed E-state index contributed by atoms with van der Waals surface area (Å²) in [6.45, 7) is 4.73. The lowest BCUT2D eigenvalue weighted by molar-refractivity contribution is -0.0500. The van der Waals surface area contributed by atoms with E-state index in [4.69, 9.17) is 4.74 Å². The van der Waals surface area contributed by atoms with Crippen LogP contribution in [0, 0.1) is 0 Å². The third-order valence-electron chi connectivity index (χ3n) is 8.41. The molecule has 38 heavy (non-hydrogen) atoms. The van der Waals surface area contributed by atoms with Gasteiger partial charge in [0.05, 0.1) is 29.8 Å². The van der Waals surface area contributed by atoms with Crippen molar-refractivity contribution in [1.82, 2.24) is 9.13 Å². The van der Waals surface area contributed by atoms with E-state index in [2.05, 4.69) is 131 Å². The van der Waals surface area contributed by atoms with E-state index in [0.717, 1.165) is 19.8 Å². The minimum atomic E-state index is 0.150. The Bertz CT molecular complexity index is 1970. The Morgan fingerprint density at radius 2 is 1.32 bits per heavy atom. The highest BCUT2D eigenvalue weighted by Gasteiger charge is 2.35. The van der Waals surface area contributed by atoms with Gasteiger partial charge in [-0.15, -0.1) is 0 Å². The van der Waals surface area contributed by atoms with Crippen LogP contribution in [0.5, 0.6) is 0 Å². The molecule has 0 amide bonds. The van der Waals surface area contributed by atoms with E-state index in [9.17, 15) is 0 Å². The summed E-state index contributed by atoms with van der Waals surface area (Å²) in [5.74, 6) is 0. The van der Waals surface area contributed by atoms with Crippen molar-refractivity contribution >= 4 is 43.6 Å². The number of hydrogen-bond acceptors (Lipinski definition) is 1. The average Bonchev–Trinajstić information content (AvgIpc) is 3.45. The van der Waals surface area contributed by atoms with Gasteiger partial charge in [0.15, 0.2) is 0 Å². The summed E-state index contributed by atoms with van der Waals surface area (Å²) < 4.78 is 10.4. The number of benzene rings is 5. The third-order valence-corrected chi connectivity index (χ3v) is 8.41. The van der Waals surface area contributed by atoms with Crippen LogP contribution in [0.2, 0.25) is 0 Å². The number of rotatable bonds is 4. The summed E-state index contributed by atoms with van der Waals surface area (Å²) in [6, 6.07) is 42.2. The summed E-state index contributed by atoms with van der Waals surface area (Å²) in [5.41, 5.74) is 9.06. The molecule has 0 unspecified atom stereocenters. The maximum absolute atomic E-state index is 5.51. The molecule has 8 rings (SSSR count). The summed E-state index contributed by atoms with van der Waals surface area (Å²) in [6.07, 6.45) is 0. The van der Waals surface area contributed by atoms with Gasteiger partial charge in [-0.25, -0.2) is 0 Å². The fraction of sp³-hybridized carbons (Fsp3) is 0.143. The Labute approximate surface area is 221 Å². The van der Waals surface area contributed by atoms with Crippen molar-refractivity contribution in [3.63, 3.8) is 0 Å². The Morgan fingerprint density at radius 3 is 2.05 bits per heavy atom.